The van der Waals surface area contributed by atoms with Crippen LogP contribution in [-0.2, 0) is 0 Å². The first-order valence-corrected chi connectivity index (χ1v) is 13.4. The molecule has 4 nitrogen and oxygen atoms in total. The average Bonchev–Trinajstić information content (AvgIpc) is 2.79. The van der Waals surface area contributed by atoms with Gasteiger partial charge in [0.1, 0.15) is 0 Å². The van der Waals surface area contributed by atoms with Crippen LogP contribution in [0.5, 0.6) is 0 Å². The van der Waals surface area contributed by atoms with Crippen LogP contribution in [0, 0.1) is 50.7 Å². The Morgan fingerprint density at radius 3 is 2.24 bits per heavy atom. The van der Waals surface area contributed by atoms with Gasteiger partial charge in [-0.25, -0.2) is 0 Å². The fraction of sp³-hybridized carbons (Fsp3) is 0.862. The summed E-state index contributed by atoms with van der Waals surface area (Å²) in [5.74, 6) is 1.39. The minimum absolute atomic E-state index is 0.0282. The summed E-state index contributed by atoms with van der Waals surface area (Å²) in [6.07, 6.45) is 12.9. The second kappa shape index (κ2) is 7.41. The lowest BCUT2D eigenvalue weighted by molar-refractivity contribution is -0.242. The van der Waals surface area contributed by atoms with Crippen LogP contribution in [-0.4, -0.2) is 45.8 Å². The third-order valence-electron chi connectivity index (χ3n) is 12.7. The normalized spacial score (nSPS) is 57.9. The fourth-order valence-corrected chi connectivity index (χ4v) is 10.2. The molecule has 3 saturated carbocycles. The number of hydrogen-bond donors (Lipinski definition) is 4. The molecule has 4 N–H and O–H groups in total. The molecule has 33 heavy (non-hydrogen) atoms. The molecule has 5 rings (SSSR count). The Morgan fingerprint density at radius 2 is 1.58 bits per heavy atom. The summed E-state index contributed by atoms with van der Waals surface area (Å²) in [5, 5.41) is 42.9. The Kier molecular flexibility index (Phi) is 5.40. The van der Waals surface area contributed by atoms with Crippen LogP contribution in [0.15, 0.2) is 23.8 Å². The van der Waals surface area contributed by atoms with E-state index in [-0.39, 0.29) is 35.4 Å². The molecular weight excluding hydrogens is 412 g/mol. The van der Waals surface area contributed by atoms with Crippen LogP contribution in [0.2, 0.25) is 0 Å². The maximum Gasteiger partial charge on any atom is 0.0721 e. The van der Waals surface area contributed by atoms with Crippen LogP contribution in [0.1, 0.15) is 79.6 Å². The van der Waals surface area contributed by atoms with Gasteiger partial charge in [0.15, 0.2) is 0 Å². The van der Waals surface area contributed by atoms with E-state index in [1.807, 2.05) is 13.0 Å². The number of aliphatic hydroxyl groups is 4. The van der Waals surface area contributed by atoms with E-state index in [2.05, 4.69) is 39.8 Å². The van der Waals surface area contributed by atoms with Gasteiger partial charge in [0.05, 0.1) is 25.4 Å². The van der Waals surface area contributed by atoms with Crippen molar-refractivity contribution in [3.63, 3.8) is 0 Å². The summed E-state index contributed by atoms with van der Waals surface area (Å²) in [5.41, 5.74) is 0.631. The Morgan fingerprint density at radius 1 is 0.848 bits per heavy atom. The maximum absolute atomic E-state index is 11.5. The zero-order chi connectivity index (χ0) is 24.0. The molecule has 3 fully saturated rings. The Bertz CT molecular complexity index is 866. The third-order valence-corrected chi connectivity index (χ3v) is 12.7. The molecule has 5 aliphatic rings. The van der Waals surface area contributed by atoms with Crippen molar-refractivity contribution in [2.75, 3.05) is 13.2 Å². The van der Waals surface area contributed by atoms with Crippen LogP contribution in [0.25, 0.3) is 0 Å². The fourth-order valence-electron chi connectivity index (χ4n) is 10.2. The standard InChI is InChI=1S/C29H46O4/c1-25(16-30)12-8-18-9-14-28(4)19(23(18)24(25)33)6-7-21-26(2)13-11-22(32)27(3,17-31)20(26)10-15-29(21,28)5/h8-9,12,19-24,30-33H,6-7,10-11,13-17H2,1-5H3/t19-,20-,21-,22-,23-,24+,25+,26+,27+,28-,29-/m1/s1. The maximum atomic E-state index is 11.5. The van der Waals surface area contributed by atoms with E-state index >= 15 is 0 Å². The highest BCUT2D eigenvalue weighted by atomic mass is 16.3. The van der Waals surface area contributed by atoms with E-state index in [0.29, 0.717) is 17.8 Å². The molecule has 5 aliphatic carbocycles. The van der Waals surface area contributed by atoms with Gasteiger partial charge in [0, 0.05) is 16.7 Å². The van der Waals surface area contributed by atoms with Crippen molar-refractivity contribution >= 4 is 0 Å². The Balaban J connectivity index is 1.55. The number of aliphatic hydroxyl groups excluding tert-OH is 4. The highest BCUT2D eigenvalue weighted by molar-refractivity contribution is 5.36. The van der Waals surface area contributed by atoms with Gasteiger partial charge < -0.3 is 20.4 Å². The number of fused-ring (bicyclic) bond motifs is 7. The molecular formula is C29H46O4. The van der Waals surface area contributed by atoms with Gasteiger partial charge in [-0.2, -0.15) is 0 Å². The van der Waals surface area contributed by atoms with Gasteiger partial charge in [-0.1, -0.05) is 52.8 Å². The van der Waals surface area contributed by atoms with Gasteiger partial charge in [-0.15, -0.1) is 0 Å². The summed E-state index contributed by atoms with van der Waals surface area (Å²) < 4.78 is 0. The Labute approximate surface area is 200 Å². The van der Waals surface area contributed by atoms with Crippen molar-refractivity contribution in [2.24, 2.45) is 50.7 Å². The van der Waals surface area contributed by atoms with Crippen LogP contribution in [0.4, 0.5) is 0 Å². The van der Waals surface area contributed by atoms with Crippen molar-refractivity contribution < 1.29 is 20.4 Å². The summed E-state index contributed by atoms with van der Waals surface area (Å²) in [7, 11) is 0. The lowest BCUT2D eigenvalue weighted by Crippen LogP contribution is -2.67. The smallest absolute Gasteiger partial charge is 0.0721 e. The molecule has 0 saturated heterocycles. The molecule has 0 radical (unpaired) electrons. The molecule has 0 heterocycles. The van der Waals surface area contributed by atoms with Crippen molar-refractivity contribution in [1.29, 1.82) is 0 Å². The summed E-state index contributed by atoms with van der Waals surface area (Å²) >= 11 is 0. The minimum Gasteiger partial charge on any atom is -0.396 e. The molecule has 11 atom stereocenters. The molecule has 0 amide bonds. The van der Waals surface area contributed by atoms with E-state index in [1.165, 1.54) is 5.57 Å². The van der Waals surface area contributed by atoms with Crippen molar-refractivity contribution in [2.45, 2.75) is 91.8 Å². The van der Waals surface area contributed by atoms with Crippen LogP contribution < -0.4 is 0 Å². The first-order chi connectivity index (χ1) is 15.4. The zero-order valence-corrected chi connectivity index (χ0v) is 21.3. The lowest BCUT2D eigenvalue weighted by atomic mass is 9.33. The van der Waals surface area contributed by atoms with Gasteiger partial charge in [-0.05, 0) is 84.5 Å². The zero-order valence-electron chi connectivity index (χ0n) is 21.3. The van der Waals surface area contributed by atoms with E-state index in [1.54, 1.807) is 0 Å². The minimum atomic E-state index is -0.579. The van der Waals surface area contributed by atoms with Gasteiger partial charge in [0.25, 0.3) is 0 Å². The molecule has 0 bridgehead atoms. The molecule has 0 aliphatic heterocycles. The van der Waals surface area contributed by atoms with E-state index < -0.39 is 23.0 Å². The van der Waals surface area contributed by atoms with E-state index in [9.17, 15) is 20.4 Å². The van der Waals surface area contributed by atoms with Crippen molar-refractivity contribution in [3.05, 3.63) is 23.8 Å². The number of rotatable bonds is 2. The predicted molar refractivity (Wildman–Crippen MR) is 130 cm³/mol. The van der Waals surface area contributed by atoms with E-state index in [4.69, 9.17) is 0 Å². The highest BCUT2D eigenvalue weighted by Crippen LogP contribution is 2.74. The van der Waals surface area contributed by atoms with Crippen LogP contribution in [0.3, 0.4) is 0 Å². The monoisotopic (exact) mass is 458 g/mol. The predicted octanol–water partition coefficient (Wildman–Crippen LogP) is 4.47. The molecule has 0 aromatic rings. The lowest BCUT2D eigenvalue weighted by Gasteiger charge is -2.72. The van der Waals surface area contributed by atoms with Gasteiger partial charge >= 0.3 is 0 Å². The van der Waals surface area contributed by atoms with Crippen LogP contribution >= 0.6 is 0 Å². The molecule has 0 spiro atoms. The quantitative estimate of drug-likeness (QED) is 0.492. The largest absolute Gasteiger partial charge is 0.396 e. The molecule has 0 aromatic carbocycles. The SMILES string of the molecule is C[C@]1(CO)[C@@H]2CC[C@]3(C)[C@H](CC[C@@H]4[C@H]5C(=CC[C@]43C)C=C[C@@](C)(CO)[C@H]5O)[C@@]2(C)CC[C@H]1O. The molecule has 186 valence electrons. The molecule has 0 unspecified atom stereocenters. The third kappa shape index (κ3) is 2.84. The first-order valence-electron chi connectivity index (χ1n) is 13.4. The second-order valence-corrected chi connectivity index (χ2v) is 13.8. The number of hydrogen-bond acceptors (Lipinski definition) is 4. The van der Waals surface area contributed by atoms with Crippen molar-refractivity contribution in [1.82, 2.24) is 0 Å². The van der Waals surface area contributed by atoms with Gasteiger partial charge in [0.2, 0.25) is 0 Å². The summed E-state index contributed by atoms with van der Waals surface area (Å²) in [4.78, 5) is 0. The second-order valence-electron chi connectivity index (χ2n) is 13.8. The number of allylic oxidation sites excluding steroid dienone is 2. The van der Waals surface area contributed by atoms with E-state index in [0.717, 1.165) is 44.9 Å². The average molecular weight is 459 g/mol. The topological polar surface area (TPSA) is 80.9 Å². The Hall–Kier alpha value is -0.680. The first kappa shape index (κ1) is 24.0. The summed E-state index contributed by atoms with van der Waals surface area (Å²) in [6, 6.07) is 0. The highest BCUT2D eigenvalue weighted by Gasteiger charge is 2.69. The molecule has 4 heteroatoms. The summed E-state index contributed by atoms with van der Waals surface area (Å²) in [6.45, 7) is 11.6. The molecule has 0 aromatic heterocycles. The van der Waals surface area contributed by atoms with Crippen molar-refractivity contribution in [3.8, 4) is 0 Å². The van der Waals surface area contributed by atoms with Gasteiger partial charge in [-0.3, -0.25) is 0 Å².